The number of thiophene rings is 1. The predicted molar refractivity (Wildman–Crippen MR) is 140 cm³/mol. The van der Waals surface area contributed by atoms with Crippen molar-refractivity contribution in [1.29, 1.82) is 0 Å². The molecule has 0 bridgehead atoms. The molecule has 2 aliphatic rings. The Kier molecular flexibility index (Phi) is 3.54. The average molecular weight is 456 g/mol. The molecule has 5 aromatic carbocycles. The summed E-state index contributed by atoms with van der Waals surface area (Å²) in [5.74, 6) is 3.29. The van der Waals surface area contributed by atoms with Gasteiger partial charge in [-0.05, 0) is 53.6 Å². The Morgan fingerprint density at radius 2 is 1.26 bits per heavy atom. The average Bonchev–Trinajstić information content (AvgIpc) is 3.27. The summed E-state index contributed by atoms with van der Waals surface area (Å²) in [6, 6.07) is 35.9. The van der Waals surface area contributed by atoms with Gasteiger partial charge in [0.25, 0.3) is 0 Å². The van der Waals surface area contributed by atoms with Crippen LogP contribution in [0.1, 0.15) is 0 Å². The smallest absolute Gasteiger partial charge is 0.155 e. The van der Waals surface area contributed by atoms with Crippen LogP contribution in [-0.2, 0) is 0 Å². The summed E-state index contributed by atoms with van der Waals surface area (Å²) in [7, 11) is 0. The van der Waals surface area contributed by atoms with E-state index in [0.717, 1.165) is 40.1 Å². The Labute approximate surface area is 200 Å². The van der Waals surface area contributed by atoms with Gasteiger partial charge in [-0.3, -0.25) is 4.90 Å². The molecule has 0 saturated heterocycles. The zero-order valence-electron chi connectivity index (χ0n) is 18.0. The molecule has 0 radical (unpaired) electrons. The molecule has 3 heterocycles. The minimum atomic E-state index is 0.805. The second-order valence-electron chi connectivity index (χ2n) is 8.57. The fourth-order valence-electron chi connectivity index (χ4n) is 5.14. The van der Waals surface area contributed by atoms with Crippen LogP contribution in [0, 0.1) is 0 Å². The molecule has 3 nitrogen and oxygen atoms in total. The maximum absolute atomic E-state index is 6.35. The van der Waals surface area contributed by atoms with Gasteiger partial charge < -0.3 is 9.47 Å². The van der Waals surface area contributed by atoms with E-state index in [4.69, 9.17) is 9.47 Å². The van der Waals surface area contributed by atoms with Crippen molar-refractivity contribution < 1.29 is 9.47 Å². The van der Waals surface area contributed by atoms with Crippen LogP contribution in [0.5, 0.6) is 23.0 Å². The van der Waals surface area contributed by atoms with Crippen LogP contribution < -0.4 is 14.4 Å². The third-order valence-corrected chi connectivity index (χ3v) is 7.87. The quantitative estimate of drug-likeness (QED) is 0.246. The van der Waals surface area contributed by atoms with Gasteiger partial charge in [-0.25, -0.2) is 0 Å². The third-order valence-electron chi connectivity index (χ3n) is 6.65. The van der Waals surface area contributed by atoms with E-state index in [1.165, 1.54) is 31.3 Å². The highest BCUT2D eigenvalue weighted by molar-refractivity contribution is 7.26. The van der Waals surface area contributed by atoms with Crippen LogP contribution in [0.4, 0.5) is 17.1 Å². The summed E-state index contributed by atoms with van der Waals surface area (Å²) in [5, 5.41) is 2.61. The first-order chi connectivity index (χ1) is 16.8. The van der Waals surface area contributed by atoms with Gasteiger partial charge in [0.1, 0.15) is 5.69 Å². The van der Waals surface area contributed by atoms with E-state index in [1.807, 2.05) is 47.7 Å². The van der Waals surface area contributed by atoms with Gasteiger partial charge in [-0.2, -0.15) is 0 Å². The molecule has 0 amide bonds. The Hall–Kier alpha value is -4.28. The Morgan fingerprint density at radius 1 is 0.559 bits per heavy atom. The highest BCUT2D eigenvalue weighted by atomic mass is 32.1. The van der Waals surface area contributed by atoms with Crippen LogP contribution in [0.2, 0.25) is 0 Å². The lowest BCUT2D eigenvalue weighted by Crippen LogP contribution is -2.20. The highest BCUT2D eigenvalue weighted by Gasteiger charge is 2.34. The zero-order chi connectivity index (χ0) is 22.2. The summed E-state index contributed by atoms with van der Waals surface area (Å²) in [6.07, 6.45) is 0. The molecule has 0 aliphatic carbocycles. The molecule has 4 heteroatoms. The van der Waals surface area contributed by atoms with Crippen LogP contribution in [0.3, 0.4) is 0 Å². The minimum Gasteiger partial charge on any atom is -0.453 e. The van der Waals surface area contributed by atoms with E-state index in [0.29, 0.717) is 0 Å². The van der Waals surface area contributed by atoms with Crippen molar-refractivity contribution in [2.45, 2.75) is 0 Å². The molecule has 0 N–H and O–H groups in total. The van der Waals surface area contributed by atoms with Crippen molar-refractivity contribution in [3.63, 3.8) is 0 Å². The largest absolute Gasteiger partial charge is 0.453 e. The van der Waals surface area contributed by atoms with Gasteiger partial charge >= 0.3 is 0 Å². The number of nitrogens with zero attached hydrogens (tertiary/aromatic N) is 1. The first-order valence-electron chi connectivity index (χ1n) is 11.3. The van der Waals surface area contributed by atoms with Crippen molar-refractivity contribution in [3.05, 3.63) is 103 Å². The highest BCUT2D eigenvalue weighted by Crippen LogP contribution is 2.59. The molecule has 160 valence electrons. The Morgan fingerprint density at radius 3 is 2.18 bits per heavy atom. The van der Waals surface area contributed by atoms with Gasteiger partial charge in [-0.15, -0.1) is 11.3 Å². The van der Waals surface area contributed by atoms with Crippen LogP contribution in [0.15, 0.2) is 103 Å². The summed E-state index contributed by atoms with van der Waals surface area (Å²) in [4.78, 5) is 2.27. The predicted octanol–water partition coefficient (Wildman–Crippen LogP) is 9.40. The minimum absolute atomic E-state index is 0.805. The number of fused-ring (bicyclic) bond motifs is 7. The normalized spacial score (nSPS) is 13.1. The molecule has 0 saturated carbocycles. The number of rotatable bonds is 1. The lowest BCUT2D eigenvalue weighted by atomic mass is 10.00. The number of benzene rings is 5. The third kappa shape index (κ3) is 2.40. The summed E-state index contributed by atoms with van der Waals surface area (Å²) >= 11 is 1.85. The van der Waals surface area contributed by atoms with Crippen LogP contribution >= 0.6 is 11.3 Å². The molecule has 0 unspecified atom stereocenters. The fraction of sp³-hybridized carbons (Fsp3) is 0. The number of hydrogen-bond acceptors (Lipinski definition) is 4. The maximum atomic E-state index is 6.35. The lowest BCUT2D eigenvalue weighted by molar-refractivity contribution is 0.446. The molecular formula is C30H17NO2S. The van der Waals surface area contributed by atoms with E-state index >= 15 is 0 Å². The molecule has 34 heavy (non-hydrogen) atoms. The van der Waals surface area contributed by atoms with Crippen molar-refractivity contribution >= 4 is 48.6 Å². The van der Waals surface area contributed by atoms with Gasteiger partial charge in [0, 0.05) is 20.2 Å². The molecule has 0 fully saturated rings. The zero-order valence-corrected chi connectivity index (χ0v) is 18.8. The number of hydrogen-bond donors (Lipinski definition) is 0. The number of ether oxygens (including phenoxy) is 2. The second-order valence-corrected chi connectivity index (χ2v) is 9.63. The van der Waals surface area contributed by atoms with Gasteiger partial charge in [-0.1, -0.05) is 60.7 Å². The molecular weight excluding hydrogens is 438 g/mol. The van der Waals surface area contributed by atoms with Gasteiger partial charge in [0.05, 0.1) is 11.4 Å². The number of para-hydroxylation sites is 3. The summed E-state index contributed by atoms with van der Waals surface area (Å²) in [6.45, 7) is 0. The summed E-state index contributed by atoms with van der Waals surface area (Å²) in [5.41, 5.74) is 5.40. The Bertz CT molecular complexity index is 1770. The van der Waals surface area contributed by atoms with E-state index in [1.54, 1.807) is 0 Å². The maximum Gasteiger partial charge on any atom is 0.155 e. The molecule has 0 spiro atoms. The monoisotopic (exact) mass is 455 g/mol. The van der Waals surface area contributed by atoms with E-state index in [9.17, 15) is 0 Å². The number of anilines is 3. The van der Waals surface area contributed by atoms with E-state index in [2.05, 4.69) is 71.6 Å². The topological polar surface area (TPSA) is 21.7 Å². The first kappa shape index (κ1) is 18.2. The van der Waals surface area contributed by atoms with Crippen LogP contribution in [0.25, 0.3) is 31.3 Å². The van der Waals surface area contributed by atoms with Crippen molar-refractivity contribution in [1.82, 2.24) is 0 Å². The first-order valence-corrected chi connectivity index (χ1v) is 12.1. The van der Waals surface area contributed by atoms with Crippen LogP contribution in [-0.4, -0.2) is 0 Å². The molecule has 0 atom stereocenters. The van der Waals surface area contributed by atoms with E-state index in [-0.39, 0.29) is 0 Å². The standard InChI is InChI=1S/C30H17NO2S/c1-4-14-28-20(7-1)21-9-5-8-19(30(21)34-28)18-15-16-25-23(17-18)31-22-10-2-3-11-24(22)32-26-12-6-13-27(33-25)29(26)31/h1-17H. The lowest BCUT2D eigenvalue weighted by Gasteiger charge is -2.37. The van der Waals surface area contributed by atoms with Crippen molar-refractivity contribution in [2.75, 3.05) is 4.90 Å². The molecule has 6 aromatic rings. The SMILES string of the molecule is c1ccc2c(c1)Oc1cccc3c1N2c1cc(-c2cccc4c2sc2ccccc24)ccc1O3. The summed E-state index contributed by atoms with van der Waals surface area (Å²) < 4.78 is 15.2. The molecule has 8 rings (SSSR count). The molecule has 1 aromatic heterocycles. The molecule has 2 aliphatic heterocycles. The van der Waals surface area contributed by atoms with Crippen molar-refractivity contribution in [2.24, 2.45) is 0 Å². The second kappa shape index (κ2) is 6.62. The Balaban J connectivity index is 1.38. The van der Waals surface area contributed by atoms with Crippen molar-refractivity contribution in [3.8, 4) is 34.1 Å². The van der Waals surface area contributed by atoms with Gasteiger partial charge in [0.2, 0.25) is 0 Å². The fourth-order valence-corrected chi connectivity index (χ4v) is 6.38. The van der Waals surface area contributed by atoms with Gasteiger partial charge in [0.15, 0.2) is 23.0 Å². The van der Waals surface area contributed by atoms with E-state index < -0.39 is 0 Å².